The number of nitrogens with zero attached hydrogens (tertiary/aromatic N) is 1. The highest BCUT2D eigenvalue weighted by Gasteiger charge is 2.42. The second-order valence-electron chi connectivity index (χ2n) is 4.90. The number of furan rings is 1. The lowest BCUT2D eigenvalue weighted by Gasteiger charge is -2.40. The lowest BCUT2D eigenvalue weighted by molar-refractivity contribution is -0.0802. The first-order chi connectivity index (χ1) is 8.40. The molecular formula is C13H20N2O2. The van der Waals surface area contributed by atoms with Crippen molar-refractivity contribution in [3.63, 3.8) is 0 Å². The first kappa shape index (κ1) is 11.3. The molecule has 1 aromatic rings. The number of rotatable bonds is 4. The maximum Gasteiger partial charge on any atom is 0.123 e. The lowest BCUT2D eigenvalue weighted by atomic mass is 10.0. The minimum absolute atomic E-state index is 0.195. The molecule has 3 rings (SSSR count). The minimum atomic E-state index is 0.195. The van der Waals surface area contributed by atoms with E-state index in [1.54, 1.807) is 6.26 Å². The fourth-order valence-electron chi connectivity index (χ4n) is 2.75. The Labute approximate surface area is 102 Å². The van der Waals surface area contributed by atoms with Crippen LogP contribution in [0.1, 0.15) is 24.6 Å². The Morgan fingerprint density at radius 1 is 1.47 bits per heavy atom. The zero-order chi connectivity index (χ0) is 11.7. The molecule has 2 unspecified atom stereocenters. The summed E-state index contributed by atoms with van der Waals surface area (Å²) >= 11 is 0. The standard InChI is InChI=1S/C13H20N2O2/c1-14-9-12-13(11-3-2-7-16-11)15(6-8-17-12)10-4-5-10/h2-3,7,10,12-14H,4-6,8-9H2,1H3. The summed E-state index contributed by atoms with van der Waals surface area (Å²) in [6.07, 6.45) is 4.60. The monoisotopic (exact) mass is 236 g/mol. The van der Waals surface area contributed by atoms with Crippen LogP contribution in [0.5, 0.6) is 0 Å². The number of hydrogen-bond acceptors (Lipinski definition) is 4. The molecule has 0 bridgehead atoms. The molecule has 2 fully saturated rings. The van der Waals surface area contributed by atoms with Crippen molar-refractivity contribution in [1.29, 1.82) is 0 Å². The highest BCUT2D eigenvalue weighted by Crippen LogP contribution is 2.38. The zero-order valence-corrected chi connectivity index (χ0v) is 10.3. The van der Waals surface area contributed by atoms with Crippen LogP contribution in [-0.4, -0.2) is 43.8 Å². The molecule has 4 heteroatoms. The van der Waals surface area contributed by atoms with Gasteiger partial charge < -0.3 is 14.5 Å². The van der Waals surface area contributed by atoms with Crippen molar-refractivity contribution < 1.29 is 9.15 Å². The molecule has 2 aliphatic rings. The first-order valence-corrected chi connectivity index (χ1v) is 6.45. The van der Waals surface area contributed by atoms with Gasteiger partial charge in [0.2, 0.25) is 0 Å². The summed E-state index contributed by atoms with van der Waals surface area (Å²) in [6.45, 7) is 2.73. The van der Waals surface area contributed by atoms with E-state index in [0.717, 1.165) is 31.5 Å². The summed E-state index contributed by atoms with van der Waals surface area (Å²) in [5, 5.41) is 3.22. The third kappa shape index (κ3) is 2.25. The van der Waals surface area contributed by atoms with Gasteiger partial charge in [-0.2, -0.15) is 0 Å². The van der Waals surface area contributed by atoms with Crippen LogP contribution < -0.4 is 5.32 Å². The predicted molar refractivity (Wildman–Crippen MR) is 64.8 cm³/mol. The molecule has 1 saturated carbocycles. The van der Waals surface area contributed by atoms with Crippen molar-refractivity contribution in [2.45, 2.75) is 31.0 Å². The summed E-state index contributed by atoms with van der Waals surface area (Å²) < 4.78 is 11.5. The van der Waals surface area contributed by atoms with E-state index in [1.165, 1.54) is 12.8 Å². The van der Waals surface area contributed by atoms with Gasteiger partial charge in [-0.25, -0.2) is 0 Å². The van der Waals surface area contributed by atoms with E-state index in [4.69, 9.17) is 9.15 Å². The Bertz CT molecular complexity index is 346. The highest BCUT2D eigenvalue weighted by atomic mass is 16.5. The second kappa shape index (κ2) is 4.80. The predicted octanol–water partition coefficient (Wildman–Crippen LogP) is 1.40. The quantitative estimate of drug-likeness (QED) is 0.857. The van der Waals surface area contributed by atoms with Crippen molar-refractivity contribution >= 4 is 0 Å². The van der Waals surface area contributed by atoms with Crippen molar-refractivity contribution in [3.05, 3.63) is 24.2 Å². The van der Waals surface area contributed by atoms with Gasteiger partial charge in [0, 0.05) is 19.1 Å². The van der Waals surface area contributed by atoms with Crippen LogP contribution in [0.15, 0.2) is 22.8 Å². The molecule has 2 heterocycles. The molecule has 1 aromatic heterocycles. The Kier molecular flexibility index (Phi) is 3.18. The molecule has 1 aliphatic carbocycles. The number of nitrogens with one attached hydrogen (secondary N) is 1. The number of hydrogen-bond donors (Lipinski definition) is 1. The summed E-state index contributed by atoms with van der Waals surface area (Å²) in [6, 6.07) is 5.05. The average Bonchev–Trinajstić information content (AvgIpc) is 3.06. The normalized spacial score (nSPS) is 30.6. The molecule has 0 aromatic carbocycles. The number of ether oxygens (including phenoxy) is 1. The molecule has 1 N–H and O–H groups in total. The van der Waals surface area contributed by atoms with Crippen LogP contribution in [0.4, 0.5) is 0 Å². The molecule has 0 radical (unpaired) electrons. The molecule has 1 saturated heterocycles. The van der Waals surface area contributed by atoms with Crippen LogP contribution >= 0.6 is 0 Å². The molecule has 1 aliphatic heterocycles. The van der Waals surface area contributed by atoms with E-state index < -0.39 is 0 Å². The van der Waals surface area contributed by atoms with Gasteiger partial charge in [-0.05, 0) is 32.0 Å². The Morgan fingerprint density at radius 3 is 3.00 bits per heavy atom. The highest BCUT2D eigenvalue weighted by molar-refractivity contribution is 5.10. The van der Waals surface area contributed by atoms with Gasteiger partial charge in [-0.3, -0.25) is 4.90 Å². The van der Waals surface area contributed by atoms with Crippen molar-refractivity contribution in [2.24, 2.45) is 0 Å². The van der Waals surface area contributed by atoms with Gasteiger partial charge >= 0.3 is 0 Å². The van der Waals surface area contributed by atoms with E-state index in [2.05, 4.69) is 16.3 Å². The van der Waals surface area contributed by atoms with Gasteiger partial charge in [-0.1, -0.05) is 0 Å². The van der Waals surface area contributed by atoms with Gasteiger partial charge in [0.15, 0.2) is 0 Å². The van der Waals surface area contributed by atoms with Gasteiger partial charge in [-0.15, -0.1) is 0 Å². The Balaban J connectivity index is 1.83. The molecule has 0 spiro atoms. The topological polar surface area (TPSA) is 37.6 Å². The van der Waals surface area contributed by atoms with Crippen molar-refractivity contribution in [3.8, 4) is 0 Å². The molecule has 0 amide bonds. The van der Waals surface area contributed by atoms with E-state index in [0.29, 0.717) is 0 Å². The van der Waals surface area contributed by atoms with Crippen LogP contribution in [-0.2, 0) is 4.74 Å². The number of morpholine rings is 1. The molecule has 4 nitrogen and oxygen atoms in total. The summed E-state index contributed by atoms with van der Waals surface area (Å²) in [7, 11) is 1.97. The van der Waals surface area contributed by atoms with E-state index >= 15 is 0 Å². The molecule has 2 atom stereocenters. The van der Waals surface area contributed by atoms with Crippen molar-refractivity contribution in [2.75, 3.05) is 26.7 Å². The van der Waals surface area contributed by atoms with Crippen molar-refractivity contribution in [1.82, 2.24) is 10.2 Å². The third-order valence-electron chi connectivity index (χ3n) is 3.65. The van der Waals surface area contributed by atoms with Gasteiger partial charge in [0.05, 0.1) is 25.0 Å². The summed E-state index contributed by atoms with van der Waals surface area (Å²) in [5.74, 6) is 1.04. The third-order valence-corrected chi connectivity index (χ3v) is 3.65. The van der Waals surface area contributed by atoms with E-state index in [1.807, 2.05) is 13.1 Å². The number of likely N-dealkylation sites (N-methyl/N-ethyl adjacent to an activating group) is 1. The fraction of sp³-hybridized carbons (Fsp3) is 0.692. The van der Waals surface area contributed by atoms with E-state index in [9.17, 15) is 0 Å². The second-order valence-corrected chi connectivity index (χ2v) is 4.90. The Hall–Kier alpha value is -0.840. The summed E-state index contributed by atoms with van der Waals surface area (Å²) in [5.41, 5.74) is 0. The first-order valence-electron chi connectivity index (χ1n) is 6.45. The van der Waals surface area contributed by atoms with Crippen LogP contribution in [0.3, 0.4) is 0 Å². The maximum absolute atomic E-state index is 5.90. The average molecular weight is 236 g/mol. The zero-order valence-electron chi connectivity index (χ0n) is 10.3. The fourth-order valence-corrected chi connectivity index (χ4v) is 2.75. The van der Waals surface area contributed by atoms with Crippen LogP contribution in [0.25, 0.3) is 0 Å². The maximum atomic E-state index is 5.90. The molecule has 94 valence electrons. The molecular weight excluding hydrogens is 216 g/mol. The lowest BCUT2D eigenvalue weighted by Crippen LogP contribution is -2.49. The van der Waals surface area contributed by atoms with E-state index in [-0.39, 0.29) is 12.1 Å². The van der Waals surface area contributed by atoms with Gasteiger partial charge in [0.25, 0.3) is 0 Å². The molecule has 17 heavy (non-hydrogen) atoms. The minimum Gasteiger partial charge on any atom is -0.468 e. The van der Waals surface area contributed by atoms with Crippen LogP contribution in [0, 0.1) is 0 Å². The summed E-state index contributed by atoms with van der Waals surface area (Å²) in [4.78, 5) is 2.56. The SMILES string of the molecule is CNCC1OCCN(C2CC2)C1c1ccco1. The van der Waals surface area contributed by atoms with Crippen LogP contribution in [0.2, 0.25) is 0 Å². The Morgan fingerprint density at radius 2 is 2.35 bits per heavy atom. The smallest absolute Gasteiger partial charge is 0.123 e. The van der Waals surface area contributed by atoms with Gasteiger partial charge in [0.1, 0.15) is 5.76 Å². The largest absolute Gasteiger partial charge is 0.468 e.